The molecule has 3 saturated heterocycles. The molecule has 3 aliphatic heterocycles. The molecule has 3 heterocycles. The van der Waals surface area contributed by atoms with Crippen LogP contribution in [0.25, 0.3) is 0 Å². The largest absolute Gasteiger partial charge is 3.00 e. The summed E-state index contributed by atoms with van der Waals surface area (Å²) in [5.74, 6) is -16.7. The number of hydrogen-bond donors (Lipinski definition) is 0. The maximum Gasteiger partial charge on any atom is 3.00 e. The van der Waals surface area contributed by atoms with Gasteiger partial charge < -0.3 is 119 Å². The third-order valence-electron chi connectivity index (χ3n) is 11.4. The van der Waals surface area contributed by atoms with Crippen LogP contribution in [0.1, 0.15) is 0 Å². The predicted molar refractivity (Wildman–Crippen MR) is 228 cm³/mol. The van der Waals surface area contributed by atoms with E-state index in [4.69, 9.17) is 0 Å². The second kappa shape index (κ2) is 48.5. The maximum atomic E-state index is 11.0. The van der Waals surface area contributed by atoms with Crippen molar-refractivity contribution in [2.75, 3.05) is 196 Å². The Labute approximate surface area is 598 Å². The van der Waals surface area contributed by atoms with Crippen molar-refractivity contribution < 1.29 is 279 Å². The van der Waals surface area contributed by atoms with Crippen molar-refractivity contribution in [3.05, 3.63) is 0 Å². The first-order chi connectivity index (χ1) is 36.5. The van der Waals surface area contributed by atoms with Crippen LogP contribution in [0.3, 0.4) is 0 Å². The Morgan fingerprint density at radius 1 is 0.171 bits per heavy atom. The molecule has 464 valence electrons. The number of nitrogens with zero attached hydrogens (tertiary/aromatic N) is 12. The van der Waals surface area contributed by atoms with Crippen molar-refractivity contribution in [1.29, 1.82) is 0 Å². The van der Waals surface area contributed by atoms with Gasteiger partial charge in [-0.15, -0.1) is 0 Å². The first-order valence-electron chi connectivity index (χ1n) is 23.7. The normalized spacial score (nSPS) is 18.1. The molecule has 0 aromatic carbocycles. The van der Waals surface area contributed by atoms with E-state index in [1.165, 1.54) is 59.5 Å². The van der Waals surface area contributed by atoms with Crippen molar-refractivity contribution in [3.8, 4) is 0 Å². The van der Waals surface area contributed by atoms with Gasteiger partial charge in [-0.3, -0.25) is 29.4 Å². The molecule has 0 aromatic rings. The fraction of sp³-hybridized carbons (Fsp3) is 0.714. The van der Waals surface area contributed by atoms with E-state index in [1.807, 2.05) is 0 Å². The number of carbonyl (C=O) groups excluding carboxylic acids is 12. The van der Waals surface area contributed by atoms with Crippen LogP contribution in [-0.4, -0.2) is 327 Å². The van der Waals surface area contributed by atoms with E-state index in [-0.39, 0.29) is 278 Å². The summed E-state index contributed by atoms with van der Waals surface area (Å²) in [6.07, 6.45) is 0. The first-order valence-corrected chi connectivity index (χ1v) is 23.7. The number of hydrazine groups is 3. The molecule has 82 heavy (non-hydrogen) atoms. The number of rotatable bonds is 24. The Balaban J connectivity index is -0.000000543. The molecule has 0 amide bonds. The third-order valence-corrected chi connectivity index (χ3v) is 11.4. The van der Waals surface area contributed by atoms with Crippen LogP contribution in [-0.2, 0) is 57.5 Å². The minimum atomic E-state index is -1.44. The van der Waals surface area contributed by atoms with Crippen molar-refractivity contribution in [2.24, 2.45) is 0 Å². The second-order valence-electron chi connectivity index (χ2n) is 17.5. The molecule has 36 nitrogen and oxygen atoms in total. The summed E-state index contributed by atoms with van der Waals surface area (Å²) in [6.45, 7) is -4.13. The van der Waals surface area contributed by atoms with Gasteiger partial charge in [-0.1, -0.05) is 0 Å². The monoisotopic (exact) mass is 1750 g/mol. The second-order valence-corrected chi connectivity index (χ2v) is 17.5. The summed E-state index contributed by atoms with van der Waals surface area (Å²) in [4.78, 5) is 140. The number of carboxylic acid groups (broad SMARTS) is 12. The molecule has 40 heteroatoms. The van der Waals surface area contributed by atoms with E-state index in [1.54, 1.807) is 0 Å². The molecule has 3 aliphatic rings. The fourth-order valence-electron chi connectivity index (χ4n) is 7.92. The van der Waals surface area contributed by atoms with Gasteiger partial charge in [-0.25, -0.2) is 30.1 Å². The van der Waals surface area contributed by atoms with Gasteiger partial charge in [0.05, 0.1) is 111 Å². The molecule has 0 bridgehead atoms. The van der Waals surface area contributed by atoms with Gasteiger partial charge in [0.25, 0.3) is 0 Å². The zero-order valence-electron chi connectivity index (χ0n) is 43.8. The molecule has 0 atom stereocenters. The average Bonchev–Trinajstić information content (AvgIpc) is 3.29. The number of aliphatic carboxylic acids is 12. The van der Waals surface area contributed by atoms with E-state index in [0.717, 1.165) is 0 Å². The molecule has 0 aromatic heterocycles. The third kappa shape index (κ3) is 44.0. The summed E-state index contributed by atoms with van der Waals surface area (Å²) >= 11 is 0. The van der Waals surface area contributed by atoms with Crippen LogP contribution in [0.2, 0.25) is 0 Å². The Kier molecular flexibility index (Phi) is 51.4. The summed E-state index contributed by atoms with van der Waals surface area (Å²) in [7, 11) is 0. The quantitative estimate of drug-likeness (QED) is 0.0866. The zero-order valence-corrected chi connectivity index (χ0v) is 52.9. The molecular formula is C42H60Gd4N12O24. The SMILES string of the molecule is O=C([O-])CN1CCN(CC(=O)[O-])CCN(CC(=O)[O-])N(CC(=O)[O-])CC1.O=C([O-])CN1CCN(CC(=O)[O-])CCN(CC(=O)[O-])N(CC(=O)[O-])CC1.O=C([O-])CN1CCN(CC(=O)[O-])CCN(CC(=O)[O-])N(CC(=O)[O-])CC1.[Gd+3].[Gd+3].[Gd+3].[Gd+3]. The van der Waals surface area contributed by atoms with Gasteiger partial charge in [0, 0.05) is 157 Å². The van der Waals surface area contributed by atoms with E-state index in [0.29, 0.717) is 0 Å². The average molecular weight is 1750 g/mol. The minimum Gasteiger partial charge on any atom is -0.549 e. The molecule has 3 rings (SSSR count). The van der Waals surface area contributed by atoms with E-state index >= 15 is 0 Å². The van der Waals surface area contributed by atoms with Crippen LogP contribution in [0, 0.1) is 160 Å². The van der Waals surface area contributed by atoms with Crippen molar-refractivity contribution in [3.63, 3.8) is 0 Å². The van der Waals surface area contributed by atoms with Crippen LogP contribution in [0.4, 0.5) is 0 Å². The summed E-state index contributed by atoms with van der Waals surface area (Å²) in [5, 5.41) is 138. The Morgan fingerprint density at radius 3 is 0.341 bits per heavy atom. The van der Waals surface area contributed by atoms with Crippen LogP contribution in [0.15, 0.2) is 0 Å². The van der Waals surface area contributed by atoms with Gasteiger partial charge in [-0.2, -0.15) is 0 Å². The van der Waals surface area contributed by atoms with Crippen LogP contribution < -0.4 is 61.3 Å². The van der Waals surface area contributed by atoms with Crippen molar-refractivity contribution in [2.45, 2.75) is 0 Å². The van der Waals surface area contributed by atoms with Gasteiger partial charge in [0.2, 0.25) is 0 Å². The smallest absolute Gasteiger partial charge is 0.549 e. The topological polar surface area (TPSA) is 520 Å². The van der Waals surface area contributed by atoms with E-state index in [9.17, 15) is 119 Å². The Morgan fingerprint density at radius 2 is 0.256 bits per heavy atom. The zero-order chi connectivity index (χ0) is 59.1. The fourth-order valence-corrected chi connectivity index (χ4v) is 7.92. The van der Waals surface area contributed by atoms with Gasteiger partial charge in [-0.05, 0) is 0 Å². The van der Waals surface area contributed by atoms with E-state index < -0.39 is 150 Å². The number of hydrogen-bond acceptors (Lipinski definition) is 36. The number of carboxylic acids is 12. The standard InChI is InChI=1S/3C14H24N4O8.4Gd/c3*19-11(20)7-15-1-2-16(8-12(21)22)4-6-18(10-14(25)26)17(5-3-15)9-13(23)24;;;;/h3*1-10H2,(H,19,20)(H,21,22)(H,23,24)(H,25,26);;;;/q;;;4*+3/p-12. The first kappa shape index (κ1) is 86.9. The molecule has 0 spiro atoms. The maximum absolute atomic E-state index is 11.0. The molecule has 0 saturated carbocycles. The van der Waals surface area contributed by atoms with Crippen LogP contribution in [0.5, 0.6) is 0 Å². The molecule has 3 fully saturated rings. The molecular weight excluding hydrogens is 1690 g/mol. The molecule has 0 aliphatic carbocycles. The Bertz CT molecular complexity index is 1690. The molecule has 0 N–H and O–H groups in total. The van der Waals surface area contributed by atoms with Crippen molar-refractivity contribution >= 4 is 71.6 Å². The van der Waals surface area contributed by atoms with Gasteiger partial charge in [0.1, 0.15) is 0 Å². The minimum absolute atomic E-state index is 0. The predicted octanol–water partition coefficient (Wildman–Crippen LogP) is -23.6. The number of carbonyl (C=O) groups is 12. The summed E-state index contributed by atoms with van der Waals surface area (Å²) in [5.41, 5.74) is 0. The van der Waals surface area contributed by atoms with Gasteiger partial charge >= 0.3 is 160 Å². The Hall–Kier alpha value is -1.54. The van der Waals surface area contributed by atoms with Crippen molar-refractivity contribution in [1.82, 2.24) is 59.5 Å². The summed E-state index contributed by atoms with van der Waals surface area (Å²) in [6, 6.07) is 0. The molecule has 4 radical (unpaired) electrons. The summed E-state index contributed by atoms with van der Waals surface area (Å²) < 4.78 is 0. The van der Waals surface area contributed by atoms with E-state index in [2.05, 4.69) is 0 Å². The van der Waals surface area contributed by atoms with Crippen LogP contribution >= 0.6 is 0 Å². The van der Waals surface area contributed by atoms with Gasteiger partial charge in [0.15, 0.2) is 0 Å². The molecule has 0 unspecified atom stereocenters.